The van der Waals surface area contributed by atoms with Crippen LogP contribution in [0.2, 0.25) is 0 Å². The fourth-order valence-corrected chi connectivity index (χ4v) is 1.53. The second kappa shape index (κ2) is 8.35. The molecule has 7 heteroatoms. The van der Waals surface area contributed by atoms with Gasteiger partial charge in [-0.3, -0.25) is 0 Å². The third-order valence-electron chi connectivity index (χ3n) is 2.49. The van der Waals surface area contributed by atoms with Crippen molar-refractivity contribution < 1.29 is 19.6 Å². The Balaban J connectivity index is 0.00000116. The summed E-state index contributed by atoms with van der Waals surface area (Å²) in [5.41, 5.74) is 0.640. The van der Waals surface area contributed by atoms with Crippen LogP contribution in [0, 0.1) is 10.1 Å². The van der Waals surface area contributed by atoms with E-state index in [0.717, 1.165) is 17.8 Å². The highest BCUT2D eigenvalue weighted by Gasteiger charge is 2.20. The second-order valence-corrected chi connectivity index (χ2v) is 3.88. The first kappa shape index (κ1) is 17.1. The van der Waals surface area contributed by atoms with Gasteiger partial charge in [0.25, 0.3) is 0 Å². The van der Waals surface area contributed by atoms with Crippen LogP contribution in [0.15, 0.2) is 42.6 Å². The Morgan fingerprint density at radius 2 is 1.95 bits per heavy atom. The van der Waals surface area contributed by atoms with E-state index in [1.54, 1.807) is 24.3 Å². The summed E-state index contributed by atoms with van der Waals surface area (Å²) in [6.07, 6.45) is 0.926. The number of benzene rings is 1. The maximum atomic E-state index is 10.8. The molecule has 0 bridgehead atoms. The Labute approximate surface area is 127 Å². The van der Waals surface area contributed by atoms with Crippen LogP contribution in [-0.2, 0) is 6.61 Å². The fourth-order valence-electron chi connectivity index (χ4n) is 1.53. The number of rotatable bonds is 5. The third kappa shape index (κ3) is 4.55. The number of pyridine rings is 1. The van der Waals surface area contributed by atoms with Gasteiger partial charge in [0.15, 0.2) is 6.20 Å². The van der Waals surface area contributed by atoms with E-state index in [1.165, 1.54) is 0 Å². The van der Waals surface area contributed by atoms with E-state index in [4.69, 9.17) is 9.84 Å². The van der Waals surface area contributed by atoms with Crippen LogP contribution in [0.25, 0.3) is 0 Å². The van der Waals surface area contributed by atoms with Gasteiger partial charge in [-0.2, -0.15) is 0 Å². The van der Waals surface area contributed by atoms with Gasteiger partial charge in [0, 0.05) is 6.07 Å². The van der Waals surface area contributed by atoms with Gasteiger partial charge in [-0.25, -0.2) is 4.79 Å². The molecule has 0 amide bonds. The molecule has 1 heterocycles. The van der Waals surface area contributed by atoms with E-state index in [-0.39, 0.29) is 17.9 Å². The average Bonchev–Trinajstić information content (AvgIpc) is 2.55. The molecule has 0 fully saturated rings. The van der Waals surface area contributed by atoms with Crippen molar-refractivity contribution in [2.75, 3.05) is 0 Å². The van der Waals surface area contributed by atoms with Crippen LogP contribution in [0.5, 0.6) is 5.75 Å². The zero-order chi connectivity index (χ0) is 16.5. The van der Waals surface area contributed by atoms with Crippen LogP contribution < -0.4 is 4.74 Å². The summed E-state index contributed by atoms with van der Waals surface area (Å²) < 4.78 is 5.31. The van der Waals surface area contributed by atoms with E-state index in [9.17, 15) is 14.9 Å². The summed E-state index contributed by atoms with van der Waals surface area (Å²) >= 11 is 0. The van der Waals surface area contributed by atoms with Gasteiger partial charge in [-0.05, 0) is 15.5 Å². The first-order valence-corrected chi connectivity index (χ1v) is 6.62. The van der Waals surface area contributed by atoms with Crippen LogP contribution in [0.1, 0.15) is 29.8 Å². The molecular formula is C15H16N2O5. The molecule has 0 saturated heterocycles. The molecule has 0 radical (unpaired) electrons. The minimum atomic E-state index is -1.23. The average molecular weight is 304 g/mol. The number of carbonyl (C=O) groups is 1. The molecule has 1 aromatic carbocycles. The smallest absolute Gasteiger partial charge is 0.406 e. The number of nitro groups is 1. The first-order chi connectivity index (χ1) is 10.6. The molecule has 116 valence electrons. The van der Waals surface area contributed by atoms with Crippen molar-refractivity contribution in [2.45, 2.75) is 20.5 Å². The van der Waals surface area contributed by atoms with E-state index in [2.05, 4.69) is 4.98 Å². The Hall–Kier alpha value is -2.96. The lowest BCUT2D eigenvalue weighted by molar-refractivity contribution is -0.390. The molecule has 2 aromatic rings. The molecule has 0 saturated carbocycles. The number of nitrogens with zero attached hydrogens (tertiary/aromatic N) is 2. The van der Waals surface area contributed by atoms with E-state index in [0.29, 0.717) is 0 Å². The molecule has 0 aliphatic heterocycles. The van der Waals surface area contributed by atoms with Crippen molar-refractivity contribution >= 4 is 11.8 Å². The van der Waals surface area contributed by atoms with E-state index >= 15 is 0 Å². The SMILES string of the molecule is CC.O=C(O)c1cnc([N+](=O)[O-])c(OCc2ccccc2)c1. The number of aromatic nitrogens is 1. The predicted molar refractivity (Wildman–Crippen MR) is 80.0 cm³/mol. The first-order valence-electron chi connectivity index (χ1n) is 6.62. The molecule has 2 rings (SSSR count). The van der Waals surface area contributed by atoms with Crippen LogP contribution in [-0.4, -0.2) is 21.0 Å². The van der Waals surface area contributed by atoms with Gasteiger partial charge in [0.2, 0.25) is 5.75 Å². The molecule has 1 aromatic heterocycles. The number of ether oxygens (including phenoxy) is 1. The van der Waals surface area contributed by atoms with Crippen LogP contribution in [0.3, 0.4) is 0 Å². The van der Waals surface area contributed by atoms with Gasteiger partial charge in [0.05, 0.1) is 0 Å². The lowest BCUT2D eigenvalue weighted by Crippen LogP contribution is -2.04. The summed E-state index contributed by atoms with van der Waals surface area (Å²) in [6.45, 7) is 4.09. The molecule has 7 nitrogen and oxygen atoms in total. The Morgan fingerprint density at radius 3 is 2.50 bits per heavy atom. The fraction of sp³-hybridized carbons (Fsp3) is 0.200. The number of hydrogen-bond acceptors (Lipinski definition) is 5. The second-order valence-electron chi connectivity index (χ2n) is 3.88. The quantitative estimate of drug-likeness (QED) is 0.671. The van der Waals surface area contributed by atoms with Crippen molar-refractivity contribution in [1.29, 1.82) is 0 Å². The van der Waals surface area contributed by atoms with Crippen LogP contribution >= 0.6 is 0 Å². The van der Waals surface area contributed by atoms with Crippen molar-refractivity contribution in [2.24, 2.45) is 0 Å². The number of carboxylic acids is 1. The van der Waals surface area contributed by atoms with Gasteiger partial charge < -0.3 is 20.0 Å². The summed E-state index contributed by atoms with van der Waals surface area (Å²) in [7, 11) is 0. The minimum Gasteiger partial charge on any atom is -0.481 e. The van der Waals surface area contributed by atoms with Crippen molar-refractivity contribution in [1.82, 2.24) is 4.98 Å². The van der Waals surface area contributed by atoms with Crippen molar-refractivity contribution in [3.05, 3.63) is 63.8 Å². The van der Waals surface area contributed by atoms with E-state index in [1.807, 2.05) is 19.9 Å². The summed E-state index contributed by atoms with van der Waals surface area (Å²) in [5.74, 6) is -1.90. The van der Waals surface area contributed by atoms with Gasteiger partial charge in [0.1, 0.15) is 12.2 Å². The van der Waals surface area contributed by atoms with Gasteiger partial charge in [-0.1, -0.05) is 44.2 Å². The Morgan fingerprint density at radius 1 is 1.32 bits per heavy atom. The monoisotopic (exact) mass is 304 g/mol. The highest BCUT2D eigenvalue weighted by Crippen LogP contribution is 2.26. The number of carboxylic acid groups (broad SMARTS) is 1. The summed E-state index contributed by atoms with van der Waals surface area (Å²) in [6, 6.07) is 10.1. The highest BCUT2D eigenvalue weighted by atomic mass is 16.6. The third-order valence-corrected chi connectivity index (χ3v) is 2.49. The standard InChI is InChI=1S/C13H10N2O5.C2H6/c16-13(17)10-6-11(12(14-7-10)15(18)19)20-8-9-4-2-1-3-5-9;1-2/h1-7H,8H2,(H,16,17);1-2H3. The molecule has 22 heavy (non-hydrogen) atoms. The lowest BCUT2D eigenvalue weighted by Gasteiger charge is -2.06. The Bertz CT molecular complexity index is 644. The molecule has 0 atom stereocenters. The number of hydrogen-bond donors (Lipinski definition) is 1. The van der Waals surface area contributed by atoms with Gasteiger partial charge >= 0.3 is 11.8 Å². The highest BCUT2D eigenvalue weighted by molar-refractivity contribution is 5.88. The zero-order valence-electron chi connectivity index (χ0n) is 12.2. The van der Waals surface area contributed by atoms with Crippen molar-refractivity contribution in [3.8, 4) is 5.75 Å². The maximum absolute atomic E-state index is 10.8. The predicted octanol–water partition coefficient (Wildman–Crippen LogP) is 3.29. The molecule has 0 unspecified atom stereocenters. The van der Waals surface area contributed by atoms with Crippen molar-refractivity contribution in [3.63, 3.8) is 0 Å². The number of aromatic carboxylic acids is 1. The molecule has 0 aliphatic rings. The minimum absolute atomic E-state index is 0.0897. The normalized spacial score (nSPS) is 9.36. The molecule has 0 aliphatic carbocycles. The largest absolute Gasteiger partial charge is 0.481 e. The molecule has 1 N–H and O–H groups in total. The summed E-state index contributed by atoms with van der Waals surface area (Å²) in [5, 5.41) is 19.7. The molecular weight excluding hydrogens is 288 g/mol. The van der Waals surface area contributed by atoms with E-state index < -0.39 is 16.7 Å². The van der Waals surface area contributed by atoms with Gasteiger partial charge in [-0.15, -0.1) is 0 Å². The summed E-state index contributed by atoms with van der Waals surface area (Å²) in [4.78, 5) is 24.5. The Kier molecular flexibility index (Phi) is 6.49. The maximum Gasteiger partial charge on any atom is 0.406 e. The molecule has 0 spiro atoms. The lowest BCUT2D eigenvalue weighted by atomic mass is 10.2. The topological polar surface area (TPSA) is 103 Å². The van der Waals surface area contributed by atoms with Crippen LogP contribution in [0.4, 0.5) is 5.82 Å². The zero-order valence-corrected chi connectivity index (χ0v) is 12.2.